The Bertz CT molecular complexity index is 1040. The molecule has 0 unspecified atom stereocenters. The molecule has 1 saturated heterocycles. The molecule has 1 fully saturated rings. The fourth-order valence-electron chi connectivity index (χ4n) is 5.67. The van der Waals surface area contributed by atoms with Crippen LogP contribution in [0.2, 0.25) is 18.1 Å². The van der Waals surface area contributed by atoms with Gasteiger partial charge in [-0.25, -0.2) is 10.1 Å². The third-order valence-corrected chi connectivity index (χ3v) is 12.8. The molecular formula is C27H30BNSiY-. The molecule has 1 spiro atoms. The number of aromatic nitrogens is 1. The van der Waals surface area contributed by atoms with Gasteiger partial charge in [-0.05, 0) is 18.1 Å². The third-order valence-electron chi connectivity index (χ3n) is 7.25. The summed E-state index contributed by atoms with van der Waals surface area (Å²) < 4.78 is 2.39. The van der Waals surface area contributed by atoms with Crippen LogP contribution in [0.15, 0.2) is 48.7 Å². The van der Waals surface area contributed by atoms with Crippen molar-refractivity contribution < 1.29 is 37.3 Å². The molecule has 2 aromatic carbocycles. The van der Waals surface area contributed by atoms with E-state index in [0.29, 0.717) is 0 Å². The predicted molar refractivity (Wildman–Crippen MR) is 129 cm³/mol. The Morgan fingerprint density at radius 2 is 1.71 bits per heavy atom. The van der Waals surface area contributed by atoms with Crippen molar-refractivity contribution in [2.24, 2.45) is 7.05 Å². The van der Waals surface area contributed by atoms with Gasteiger partial charge in [0, 0.05) is 46.3 Å². The zero-order valence-corrected chi connectivity index (χ0v) is 22.7. The standard InChI is InChI=1S/C27H30NSi.B.Y/c1-21-13-14-23(22-10-5-3-6-11-22)18-25(21)26-19-24-12-9-17-29(15-7-4-8-16-29)27(24)20-28(26)2;;/h3,5-6,10,13-14,19-20H,4,7-9,12,15-17H2,1-2H3;;/q-1;;. The number of nitrogens with zero attached hydrogens (tertiary/aromatic N) is 1. The fraction of sp³-hybridized carbons (Fsp3) is 0.370. The van der Waals surface area contributed by atoms with Gasteiger partial charge >= 0.3 is 0 Å². The number of hydrogen-bond donors (Lipinski definition) is 0. The monoisotopic (exact) mass is 496 g/mol. The van der Waals surface area contributed by atoms with Gasteiger partial charge in [0.2, 0.25) is 0 Å². The first-order valence-corrected chi connectivity index (χ1v) is 13.8. The Labute approximate surface area is 216 Å². The van der Waals surface area contributed by atoms with E-state index in [0.717, 1.165) is 11.1 Å². The van der Waals surface area contributed by atoms with E-state index >= 15 is 0 Å². The van der Waals surface area contributed by atoms with Gasteiger partial charge in [0.25, 0.3) is 0 Å². The summed E-state index contributed by atoms with van der Waals surface area (Å²) in [5, 5.41) is 1.78. The van der Waals surface area contributed by atoms with Gasteiger partial charge < -0.3 is 0 Å². The summed E-state index contributed by atoms with van der Waals surface area (Å²) in [6.07, 6.45) is 9.54. The topological polar surface area (TPSA) is 3.88 Å². The first-order valence-electron chi connectivity index (χ1n) is 11.2. The first-order chi connectivity index (χ1) is 14.2. The van der Waals surface area contributed by atoms with Gasteiger partial charge in [-0.3, -0.25) is 0 Å². The van der Waals surface area contributed by atoms with E-state index in [1.165, 1.54) is 67.1 Å². The molecule has 0 N–H and O–H groups in total. The molecule has 1 aromatic heterocycles. The van der Waals surface area contributed by atoms with Crippen molar-refractivity contribution in [2.45, 2.75) is 57.2 Å². The summed E-state index contributed by atoms with van der Waals surface area (Å²) in [5.74, 6) is 0. The van der Waals surface area contributed by atoms with Crippen LogP contribution in [-0.2, 0) is 46.2 Å². The van der Waals surface area contributed by atoms with Crippen molar-refractivity contribution >= 4 is 21.7 Å². The van der Waals surface area contributed by atoms with Gasteiger partial charge in [-0.2, -0.15) is 42.0 Å². The van der Waals surface area contributed by atoms with Crippen LogP contribution in [0.4, 0.5) is 0 Å². The van der Waals surface area contributed by atoms with Crippen molar-refractivity contribution in [3.8, 4) is 22.4 Å². The summed E-state index contributed by atoms with van der Waals surface area (Å²) in [6, 6.07) is 26.7. The largest absolute Gasteiger partial charge is 0.234 e. The summed E-state index contributed by atoms with van der Waals surface area (Å²) in [5.41, 5.74) is 7.71. The van der Waals surface area contributed by atoms with Crippen LogP contribution in [-0.4, -0.2) is 16.5 Å². The molecule has 0 atom stereocenters. The molecule has 0 bridgehead atoms. The number of rotatable bonds is 2. The van der Waals surface area contributed by atoms with E-state index in [9.17, 15) is 0 Å². The first kappa shape index (κ1) is 24.6. The van der Waals surface area contributed by atoms with Crippen LogP contribution in [0.3, 0.4) is 0 Å². The second-order valence-electron chi connectivity index (χ2n) is 9.11. The van der Waals surface area contributed by atoms with Crippen LogP contribution in [0, 0.1) is 19.1 Å². The molecule has 0 saturated carbocycles. The van der Waals surface area contributed by atoms with E-state index in [-0.39, 0.29) is 41.1 Å². The second-order valence-corrected chi connectivity index (χ2v) is 13.7. The maximum absolute atomic E-state index is 3.72. The summed E-state index contributed by atoms with van der Waals surface area (Å²) >= 11 is 0. The Kier molecular flexibility index (Phi) is 8.16. The zero-order chi connectivity index (χ0) is 19.8. The molecule has 2 aliphatic heterocycles. The molecule has 1 nitrogen and oxygen atoms in total. The van der Waals surface area contributed by atoms with Gasteiger partial charge in [0.1, 0.15) is 12.7 Å². The van der Waals surface area contributed by atoms with E-state index in [1.807, 2.05) is 12.1 Å². The predicted octanol–water partition coefficient (Wildman–Crippen LogP) is 5.16. The molecule has 5 rings (SSSR count). The maximum atomic E-state index is 3.72. The second kappa shape index (κ2) is 10.3. The smallest absolute Gasteiger partial charge is 0.161 e. The van der Waals surface area contributed by atoms with Crippen molar-refractivity contribution in [3.05, 3.63) is 71.9 Å². The average molecular weight is 496 g/mol. The van der Waals surface area contributed by atoms with Gasteiger partial charge in [-0.1, -0.05) is 56.3 Å². The third kappa shape index (κ3) is 4.70. The molecule has 2 aliphatic rings. The minimum Gasteiger partial charge on any atom is -0.234 e. The van der Waals surface area contributed by atoms with Gasteiger partial charge in [0.15, 0.2) is 6.20 Å². The quantitative estimate of drug-likeness (QED) is 0.262. The van der Waals surface area contributed by atoms with Crippen LogP contribution in [0.5, 0.6) is 0 Å². The van der Waals surface area contributed by atoms with Crippen LogP contribution in [0.1, 0.15) is 36.8 Å². The molecular weight excluding hydrogens is 466 g/mol. The van der Waals surface area contributed by atoms with Crippen LogP contribution < -0.4 is 9.75 Å². The van der Waals surface area contributed by atoms with Crippen LogP contribution in [0.25, 0.3) is 22.4 Å². The van der Waals surface area contributed by atoms with Crippen molar-refractivity contribution in [3.63, 3.8) is 0 Å². The van der Waals surface area contributed by atoms with E-state index < -0.39 is 8.07 Å². The number of hydrogen-bond acceptors (Lipinski definition) is 0. The molecule has 4 heteroatoms. The normalized spacial score (nSPS) is 16.7. The van der Waals surface area contributed by atoms with E-state index in [1.54, 1.807) is 10.8 Å². The Morgan fingerprint density at radius 3 is 2.45 bits per heavy atom. The molecule has 0 amide bonds. The van der Waals surface area contributed by atoms with Crippen molar-refractivity contribution in [1.29, 1.82) is 0 Å². The van der Waals surface area contributed by atoms with Crippen LogP contribution >= 0.6 is 0 Å². The van der Waals surface area contributed by atoms with Crippen molar-refractivity contribution in [2.75, 3.05) is 0 Å². The molecule has 3 heterocycles. The number of fused-ring (bicyclic) bond motifs is 2. The minimum atomic E-state index is -1.26. The molecule has 4 radical (unpaired) electrons. The zero-order valence-electron chi connectivity index (χ0n) is 18.9. The minimum absolute atomic E-state index is 0. The Morgan fingerprint density at radius 1 is 0.935 bits per heavy atom. The number of pyridine rings is 1. The average Bonchev–Trinajstić information content (AvgIpc) is 2.76. The Balaban J connectivity index is 0.00000136. The van der Waals surface area contributed by atoms with E-state index in [2.05, 4.69) is 67.2 Å². The molecule has 0 aliphatic carbocycles. The summed E-state index contributed by atoms with van der Waals surface area (Å²) in [6.45, 7) is 2.21. The van der Waals surface area contributed by atoms with Gasteiger partial charge in [0.05, 0.1) is 8.07 Å². The SMILES string of the molecule is Cc1ccc(-c2[c-]cccc2)[c-]c1-c1cc2c(c[n+]1C)[Si]1(CCCCC1)CCC2.[B].[Y]. The molecule has 3 aromatic rings. The van der Waals surface area contributed by atoms with E-state index in [4.69, 9.17) is 0 Å². The molecule has 154 valence electrons. The summed E-state index contributed by atoms with van der Waals surface area (Å²) in [4.78, 5) is 0. The number of aryl methyl sites for hydroxylation is 3. The molecule has 31 heavy (non-hydrogen) atoms. The maximum Gasteiger partial charge on any atom is 0.161 e. The Hall–Kier alpha value is -1.02. The fourth-order valence-corrected chi connectivity index (χ4v) is 11.3. The summed E-state index contributed by atoms with van der Waals surface area (Å²) in [7, 11) is 0.981. The van der Waals surface area contributed by atoms with Gasteiger partial charge in [-0.15, -0.1) is 17.7 Å². The number of benzene rings is 2. The van der Waals surface area contributed by atoms with Crippen molar-refractivity contribution in [1.82, 2.24) is 0 Å².